The number of aryl methyl sites for hydroxylation is 1. The monoisotopic (exact) mass is 265 g/mol. The van der Waals surface area contributed by atoms with E-state index in [1.165, 1.54) is 11.3 Å². The van der Waals surface area contributed by atoms with Crippen LogP contribution in [0.25, 0.3) is 4.96 Å². The molecular weight excluding hydrogens is 250 g/mol. The van der Waals surface area contributed by atoms with Crippen LogP contribution in [0.1, 0.15) is 22.3 Å². The maximum atomic E-state index is 12.5. The first-order chi connectivity index (χ1) is 8.66. The van der Waals surface area contributed by atoms with Crippen molar-refractivity contribution in [1.82, 2.24) is 14.3 Å². The van der Waals surface area contributed by atoms with Gasteiger partial charge in [-0.15, -0.1) is 0 Å². The highest BCUT2D eigenvalue weighted by Gasteiger charge is 2.25. The number of morpholine rings is 1. The SMILES string of the molecule is Cc1c(C(=O)N2CCOC(C)C2)sc2nccn12. The largest absolute Gasteiger partial charge is 0.375 e. The number of aromatic nitrogens is 2. The second-order valence-electron chi connectivity index (χ2n) is 4.53. The first-order valence-electron chi connectivity index (χ1n) is 6.00. The summed E-state index contributed by atoms with van der Waals surface area (Å²) in [6.07, 6.45) is 3.76. The van der Waals surface area contributed by atoms with Crippen molar-refractivity contribution in [1.29, 1.82) is 0 Å². The summed E-state index contributed by atoms with van der Waals surface area (Å²) in [5.41, 5.74) is 0.969. The molecule has 1 aliphatic heterocycles. The Kier molecular flexibility index (Phi) is 2.83. The Hall–Kier alpha value is -1.40. The maximum absolute atomic E-state index is 12.5. The molecule has 0 saturated carbocycles. The summed E-state index contributed by atoms with van der Waals surface area (Å²) in [7, 11) is 0. The predicted octanol–water partition coefficient (Wildman–Crippen LogP) is 1.57. The Balaban J connectivity index is 1.91. The second kappa shape index (κ2) is 4.37. The molecular formula is C12H15N3O2S. The molecule has 1 fully saturated rings. The zero-order valence-corrected chi connectivity index (χ0v) is 11.2. The van der Waals surface area contributed by atoms with Crippen LogP contribution in [0, 0.1) is 6.92 Å². The highest BCUT2D eigenvalue weighted by Crippen LogP contribution is 2.23. The molecule has 2 aromatic rings. The molecule has 3 heterocycles. The van der Waals surface area contributed by atoms with Gasteiger partial charge >= 0.3 is 0 Å². The van der Waals surface area contributed by atoms with Gasteiger partial charge in [0, 0.05) is 31.2 Å². The van der Waals surface area contributed by atoms with E-state index in [9.17, 15) is 4.79 Å². The third-order valence-corrected chi connectivity index (χ3v) is 4.37. The molecule has 0 bridgehead atoms. The Morgan fingerprint density at radius 2 is 2.44 bits per heavy atom. The van der Waals surface area contributed by atoms with Crippen LogP contribution >= 0.6 is 11.3 Å². The Morgan fingerprint density at radius 1 is 1.61 bits per heavy atom. The first-order valence-corrected chi connectivity index (χ1v) is 6.82. The lowest BCUT2D eigenvalue weighted by atomic mass is 10.2. The van der Waals surface area contributed by atoms with Gasteiger partial charge in [0.2, 0.25) is 0 Å². The van der Waals surface area contributed by atoms with E-state index in [1.807, 2.05) is 29.3 Å². The lowest BCUT2D eigenvalue weighted by molar-refractivity contribution is -0.0122. The molecule has 0 radical (unpaired) electrons. The first kappa shape index (κ1) is 11.7. The number of thiazole rings is 1. The molecule has 18 heavy (non-hydrogen) atoms. The lowest BCUT2D eigenvalue weighted by Crippen LogP contribution is -2.44. The van der Waals surface area contributed by atoms with E-state index in [0.717, 1.165) is 15.5 Å². The molecule has 1 amide bonds. The normalized spacial score (nSPS) is 20.6. The molecule has 0 N–H and O–H groups in total. The van der Waals surface area contributed by atoms with Gasteiger partial charge in [-0.25, -0.2) is 4.98 Å². The van der Waals surface area contributed by atoms with Gasteiger partial charge in [0.15, 0.2) is 4.96 Å². The molecule has 3 rings (SSSR count). The van der Waals surface area contributed by atoms with E-state index in [1.54, 1.807) is 6.20 Å². The van der Waals surface area contributed by atoms with E-state index in [2.05, 4.69) is 4.98 Å². The van der Waals surface area contributed by atoms with Crippen molar-refractivity contribution in [2.45, 2.75) is 20.0 Å². The summed E-state index contributed by atoms with van der Waals surface area (Å²) in [4.78, 5) is 20.2. The molecule has 1 unspecified atom stereocenters. The number of carbonyl (C=O) groups is 1. The number of nitrogens with zero attached hydrogens (tertiary/aromatic N) is 3. The third kappa shape index (κ3) is 1.81. The number of ether oxygens (including phenoxy) is 1. The van der Waals surface area contributed by atoms with Crippen LogP contribution in [0.2, 0.25) is 0 Å². The smallest absolute Gasteiger partial charge is 0.266 e. The molecule has 1 atom stereocenters. The van der Waals surface area contributed by atoms with Crippen LogP contribution in [-0.2, 0) is 4.74 Å². The molecule has 2 aromatic heterocycles. The molecule has 1 aliphatic rings. The van der Waals surface area contributed by atoms with E-state index in [4.69, 9.17) is 4.74 Å². The van der Waals surface area contributed by atoms with Crippen molar-refractivity contribution in [2.75, 3.05) is 19.7 Å². The van der Waals surface area contributed by atoms with E-state index in [0.29, 0.717) is 19.7 Å². The zero-order chi connectivity index (χ0) is 12.7. The Labute approximate surface area is 109 Å². The number of imidazole rings is 1. The van der Waals surface area contributed by atoms with Crippen molar-refractivity contribution >= 4 is 22.2 Å². The molecule has 0 spiro atoms. The summed E-state index contributed by atoms with van der Waals surface area (Å²) in [5.74, 6) is 0.0955. The van der Waals surface area contributed by atoms with Crippen molar-refractivity contribution in [2.24, 2.45) is 0 Å². The highest BCUT2D eigenvalue weighted by molar-refractivity contribution is 7.19. The third-order valence-electron chi connectivity index (χ3n) is 3.21. The highest BCUT2D eigenvalue weighted by atomic mass is 32.1. The van der Waals surface area contributed by atoms with Crippen molar-refractivity contribution < 1.29 is 9.53 Å². The van der Waals surface area contributed by atoms with Crippen molar-refractivity contribution in [3.63, 3.8) is 0 Å². The lowest BCUT2D eigenvalue weighted by Gasteiger charge is -2.30. The summed E-state index contributed by atoms with van der Waals surface area (Å²) in [6.45, 7) is 5.91. The minimum atomic E-state index is 0.0955. The Morgan fingerprint density at radius 3 is 3.17 bits per heavy atom. The quantitative estimate of drug-likeness (QED) is 0.786. The summed E-state index contributed by atoms with van der Waals surface area (Å²) in [6, 6.07) is 0. The van der Waals surface area contributed by atoms with Crippen molar-refractivity contribution in [3.05, 3.63) is 23.0 Å². The van der Waals surface area contributed by atoms with Crippen LogP contribution in [0.3, 0.4) is 0 Å². The average molecular weight is 265 g/mol. The van der Waals surface area contributed by atoms with E-state index >= 15 is 0 Å². The average Bonchev–Trinajstić information content (AvgIpc) is 2.92. The van der Waals surface area contributed by atoms with Crippen LogP contribution in [0.15, 0.2) is 12.4 Å². The maximum Gasteiger partial charge on any atom is 0.266 e. The van der Waals surface area contributed by atoms with Crippen molar-refractivity contribution in [3.8, 4) is 0 Å². The number of fused-ring (bicyclic) bond motifs is 1. The number of rotatable bonds is 1. The fourth-order valence-electron chi connectivity index (χ4n) is 2.24. The molecule has 6 heteroatoms. The van der Waals surface area contributed by atoms with Crippen LogP contribution in [0.5, 0.6) is 0 Å². The molecule has 0 aliphatic carbocycles. The number of amides is 1. The van der Waals surface area contributed by atoms with Gasteiger partial charge in [-0.2, -0.15) is 0 Å². The molecule has 0 aromatic carbocycles. The van der Waals surface area contributed by atoms with Gasteiger partial charge in [-0.1, -0.05) is 11.3 Å². The van der Waals surface area contributed by atoms with E-state index < -0.39 is 0 Å². The van der Waals surface area contributed by atoms with Crippen LogP contribution in [-0.4, -0.2) is 46.0 Å². The van der Waals surface area contributed by atoms with Gasteiger partial charge in [0.25, 0.3) is 5.91 Å². The fourth-order valence-corrected chi connectivity index (χ4v) is 3.29. The second-order valence-corrected chi connectivity index (χ2v) is 5.51. The number of carbonyl (C=O) groups excluding carboxylic acids is 1. The number of hydrogen-bond acceptors (Lipinski definition) is 4. The van der Waals surface area contributed by atoms with Gasteiger partial charge in [-0.05, 0) is 13.8 Å². The Bertz CT molecular complexity index is 589. The minimum absolute atomic E-state index is 0.0955. The topological polar surface area (TPSA) is 46.8 Å². The minimum Gasteiger partial charge on any atom is -0.375 e. The fraction of sp³-hybridized carbons (Fsp3) is 0.500. The zero-order valence-electron chi connectivity index (χ0n) is 10.4. The molecule has 96 valence electrons. The molecule has 1 saturated heterocycles. The summed E-state index contributed by atoms with van der Waals surface area (Å²) < 4.78 is 7.42. The van der Waals surface area contributed by atoms with Gasteiger partial charge in [0.05, 0.1) is 12.7 Å². The van der Waals surface area contributed by atoms with Gasteiger partial charge in [-0.3, -0.25) is 9.20 Å². The summed E-state index contributed by atoms with van der Waals surface area (Å²) in [5, 5.41) is 0. The standard InChI is InChI=1S/C12H15N3O2S/c1-8-7-14(5-6-17-8)11(16)10-9(2)15-4-3-13-12(15)18-10/h3-4,8H,5-7H2,1-2H3. The van der Waals surface area contributed by atoms with Gasteiger partial charge in [0.1, 0.15) is 4.88 Å². The van der Waals surface area contributed by atoms with Crippen LogP contribution in [0.4, 0.5) is 0 Å². The van der Waals surface area contributed by atoms with Crippen LogP contribution < -0.4 is 0 Å². The number of hydrogen-bond donors (Lipinski definition) is 0. The predicted molar refractivity (Wildman–Crippen MR) is 69.1 cm³/mol. The summed E-state index contributed by atoms with van der Waals surface area (Å²) >= 11 is 1.45. The van der Waals surface area contributed by atoms with E-state index in [-0.39, 0.29) is 12.0 Å². The van der Waals surface area contributed by atoms with Gasteiger partial charge < -0.3 is 9.64 Å². The molecule has 5 nitrogen and oxygen atoms in total.